The summed E-state index contributed by atoms with van der Waals surface area (Å²) in [4.78, 5) is 11.6. The Morgan fingerprint density at radius 1 is 1.44 bits per heavy atom. The molecule has 0 fully saturated rings. The maximum atomic E-state index is 11.6. The highest BCUT2D eigenvalue weighted by atomic mass is 16.5. The van der Waals surface area contributed by atoms with Crippen LogP contribution in [0, 0.1) is 0 Å². The van der Waals surface area contributed by atoms with E-state index in [4.69, 9.17) is 9.15 Å². The van der Waals surface area contributed by atoms with E-state index in [2.05, 4.69) is 0 Å². The van der Waals surface area contributed by atoms with E-state index in [0.717, 1.165) is 5.39 Å². The monoisotopic (exact) mass is 220 g/mol. The summed E-state index contributed by atoms with van der Waals surface area (Å²) >= 11 is 0. The molecule has 0 aliphatic rings. The zero-order chi connectivity index (χ0) is 11.5. The number of esters is 1. The summed E-state index contributed by atoms with van der Waals surface area (Å²) in [6.45, 7) is 1.76. The fourth-order valence-corrected chi connectivity index (χ4v) is 1.62. The number of aliphatic hydroxyl groups is 1. The maximum absolute atomic E-state index is 11.6. The molecule has 0 spiro atoms. The molecule has 0 atom stereocenters. The molecule has 2 aromatic rings. The Labute approximate surface area is 92.4 Å². The smallest absolute Gasteiger partial charge is 0.374 e. The van der Waals surface area contributed by atoms with Crippen molar-refractivity contribution in [3.05, 3.63) is 35.6 Å². The molecular formula is C12H12O4. The minimum absolute atomic E-state index is 0.0885. The van der Waals surface area contributed by atoms with E-state index in [1.54, 1.807) is 19.1 Å². The number of fused-ring (bicyclic) bond motifs is 1. The third-order valence-corrected chi connectivity index (χ3v) is 2.32. The quantitative estimate of drug-likeness (QED) is 0.805. The van der Waals surface area contributed by atoms with Gasteiger partial charge in [-0.3, -0.25) is 0 Å². The van der Waals surface area contributed by atoms with Crippen molar-refractivity contribution in [3.63, 3.8) is 0 Å². The summed E-state index contributed by atoms with van der Waals surface area (Å²) in [5.74, 6) is -0.451. The standard InChI is InChI=1S/C12H12O4/c1-2-15-12(14)11-9(7-13)8-5-3-4-6-10(8)16-11/h3-6,13H,2,7H2,1H3. The average molecular weight is 220 g/mol. The Morgan fingerprint density at radius 3 is 2.88 bits per heavy atom. The first-order valence-corrected chi connectivity index (χ1v) is 5.06. The minimum atomic E-state index is -0.539. The van der Waals surface area contributed by atoms with E-state index in [1.165, 1.54) is 0 Å². The Bertz CT molecular complexity index is 513. The molecule has 4 heteroatoms. The van der Waals surface area contributed by atoms with Gasteiger partial charge in [0.1, 0.15) is 5.58 Å². The SMILES string of the molecule is CCOC(=O)c1oc2ccccc2c1CO. The fourth-order valence-electron chi connectivity index (χ4n) is 1.62. The highest BCUT2D eigenvalue weighted by Crippen LogP contribution is 2.26. The molecule has 0 saturated carbocycles. The number of furan rings is 1. The van der Waals surface area contributed by atoms with Crippen molar-refractivity contribution in [2.24, 2.45) is 0 Å². The molecule has 2 rings (SSSR count). The van der Waals surface area contributed by atoms with E-state index in [0.29, 0.717) is 11.1 Å². The topological polar surface area (TPSA) is 59.7 Å². The van der Waals surface area contributed by atoms with Crippen LogP contribution in [0.5, 0.6) is 0 Å². The van der Waals surface area contributed by atoms with Gasteiger partial charge in [0, 0.05) is 10.9 Å². The van der Waals surface area contributed by atoms with Gasteiger partial charge < -0.3 is 14.3 Å². The first kappa shape index (κ1) is 10.7. The van der Waals surface area contributed by atoms with E-state index < -0.39 is 5.97 Å². The van der Waals surface area contributed by atoms with Crippen LogP contribution in [0.1, 0.15) is 23.0 Å². The molecule has 0 saturated heterocycles. The lowest BCUT2D eigenvalue weighted by Gasteiger charge is -1.99. The Kier molecular flexibility index (Phi) is 2.92. The van der Waals surface area contributed by atoms with Crippen molar-refractivity contribution >= 4 is 16.9 Å². The van der Waals surface area contributed by atoms with Gasteiger partial charge >= 0.3 is 5.97 Å². The minimum Gasteiger partial charge on any atom is -0.460 e. The summed E-state index contributed by atoms with van der Waals surface area (Å²) in [5, 5.41) is 10.00. The summed E-state index contributed by atoms with van der Waals surface area (Å²) in [5.41, 5.74) is 1.06. The van der Waals surface area contributed by atoms with Crippen molar-refractivity contribution in [2.75, 3.05) is 6.61 Å². The van der Waals surface area contributed by atoms with Crippen LogP contribution in [-0.2, 0) is 11.3 Å². The summed E-state index contributed by atoms with van der Waals surface area (Å²) in [7, 11) is 0. The van der Waals surface area contributed by atoms with Crippen molar-refractivity contribution in [2.45, 2.75) is 13.5 Å². The fraction of sp³-hybridized carbons (Fsp3) is 0.250. The van der Waals surface area contributed by atoms with E-state index in [9.17, 15) is 9.90 Å². The number of aliphatic hydroxyl groups excluding tert-OH is 1. The third-order valence-electron chi connectivity index (χ3n) is 2.32. The number of carbonyl (C=O) groups excluding carboxylic acids is 1. The predicted octanol–water partition coefficient (Wildman–Crippen LogP) is 2.10. The number of para-hydroxylation sites is 1. The Hall–Kier alpha value is -1.81. The van der Waals surface area contributed by atoms with Crippen LogP contribution in [-0.4, -0.2) is 17.7 Å². The second-order valence-electron chi connectivity index (χ2n) is 3.28. The number of ether oxygens (including phenoxy) is 1. The van der Waals surface area contributed by atoms with Crippen LogP contribution in [0.4, 0.5) is 0 Å². The molecule has 0 aliphatic heterocycles. The number of hydrogen-bond acceptors (Lipinski definition) is 4. The lowest BCUT2D eigenvalue weighted by Crippen LogP contribution is -2.05. The molecule has 1 heterocycles. The summed E-state index contributed by atoms with van der Waals surface area (Å²) in [6, 6.07) is 7.18. The molecule has 1 aromatic carbocycles. The van der Waals surface area contributed by atoms with Crippen molar-refractivity contribution in [1.29, 1.82) is 0 Å². The van der Waals surface area contributed by atoms with E-state index in [-0.39, 0.29) is 19.0 Å². The predicted molar refractivity (Wildman–Crippen MR) is 58.1 cm³/mol. The molecular weight excluding hydrogens is 208 g/mol. The van der Waals surface area contributed by atoms with Gasteiger partial charge in [-0.25, -0.2) is 4.79 Å². The van der Waals surface area contributed by atoms with Crippen LogP contribution < -0.4 is 0 Å². The van der Waals surface area contributed by atoms with Crippen LogP contribution in [0.3, 0.4) is 0 Å². The molecule has 1 aromatic heterocycles. The van der Waals surface area contributed by atoms with Gasteiger partial charge in [-0.05, 0) is 13.0 Å². The van der Waals surface area contributed by atoms with Gasteiger partial charge in [0.15, 0.2) is 0 Å². The molecule has 0 bridgehead atoms. The average Bonchev–Trinajstić information content (AvgIpc) is 2.67. The van der Waals surface area contributed by atoms with Crippen molar-refractivity contribution in [1.82, 2.24) is 0 Å². The molecule has 0 radical (unpaired) electrons. The van der Waals surface area contributed by atoms with Gasteiger partial charge in [-0.15, -0.1) is 0 Å². The highest BCUT2D eigenvalue weighted by molar-refractivity contribution is 5.95. The molecule has 1 N–H and O–H groups in total. The zero-order valence-corrected chi connectivity index (χ0v) is 8.90. The van der Waals surface area contributed by atoms with Crippen LogP contribution in [0.25, 0.3) is 11.0 Å². The van der Waals surface area contributed by atoms with Gasteiger partial charge in [-0.2, -0.15) is 0 Å². The van der Waals surface area contributed by atoms with Gasteiger partial charge in [-0.1, -0.05) is 18.2 Å². The van der Waals surface area contributed by atoms with Gasteiger partial charge in [0.2, 0.25) is 5.76 Å². The summed E-state index contributed by atoms with van der Waals surface area (Å²) < 4.78 is 10.2. The van der Waals surface area contributed by atoms with Crippen molar-refractivity contribution < 1.29 is 19.1 Å². The third kappa shape index (κ3) is 1.67. The molecule has 16 heavy (non-hydrogen) atoms. The molecule has 0 aliphatic carbocycles. The van der Waals surface area contributed by atoms with Crippen LogP contribution in [0.15, 0.2) is 28.7 Å². The van der Waals surface area contributed by atoms with Crippen LogP contribution in [0.2, 0.25) is 0 Å². The van der Waals surface area contributed by atoms with Crippen molar-refractivity contribution in [3.8, 4) is 0 Å². The first-order valence-electron chi connectivity index (χ1n) is 5.06. The molecule has 0 unspecified atom stereocenters. The summed E-state index contributed by atoms with van der Waals surface area (Å²) in [6.07, 6.45) is 0. The number of rotatable bonds is 3. The first-order chi connectivity index (χ1) is 7.77. The lowest BCUT2D eigenvalue weighted by molar-refractivity contribution is 0.0488. The number of benzene rings is 1. The largest absolute Gasteiger partial charge is 0.460 e. The Morgan fingerprint density at radius 2 is 2.19 bits per heavy atom. The maximum Gasteiger partial charge on any atom is 0.374 e. The highest BCUT2D eigenvalue weighted by Gasteiger charge is 2.20. The molecule has 0 amide bonds. The zero-order valence-electron chi connectivity index (χ0n) is 8.90. The van der Waals surface area contributed by atoms with Gasteiger partial charge in [0.25, 0.3) is 0 Å². The second kappa shape index (κ2) is 4.37. The van der Waals surface area contributed by atoms with E-state index in [1.807, 2.05) is 12.1 Å². The van der Waals surface area contributed by atoms with Crippen LogP contribution >= 0.6 is 0 Å². The molecule has 84 valence electrons. The normalized spacial score (nSPS) is 10.6. The lowest BCUT2D eigenvalue weighted by atomic mass is 10.1. The van der Waals surface area contributed by atoms with Gasteiger partial charge in [0.05, 0.1) is 13.2 Å². The second-order valence-corrected chi connectivity index (χ2v) is 3.28. The van der Waals surface area contributed by atoms with E-state index >= 15 is 0 Å². The Balaban J connectivity index is 2.56. The number of carbonyl (C=O) groups is 1. The number of hydrogen-bond donors (Lipinski definition) is 1. The molecule has 4 nitrogen and oxygen atoms in total.